The summed E-state index contributed by atoms with van der Waals surface area (Å²) in [6.45, 7) is 0. The molecule has 0 saturated carbocycles. The Hall–Kier alpha value is -3.14. The number of nitrogens with zero attached hydrogens (tertiary/aromatic N) is 1. The lowest BCUT2D eigenvalue weighted by Gasteiger charge is -1.97. The van der Waals surface area contributed by atoms with E-state index in [0.717, 1.165) is 16.5 Å². The number of hydrogen-bond donors (Lipinski definition) is 0. The highest BCUT2D eigenvalue weighted by molar-refractivity contribution is 6.12. The number of para-hydroxylation sites is 1. The monoisotopic (exact) mass is 289 g/mol. The average Bonchev–Trinajstić information content (AvgIpc) is 3.12. The van der Waals surface area contributed by atoms with Crippen LogP contribution in [-0.2, 0) is 9.53 Å². The fraction of sp³-hybridized carbons (Fsp3) is 0. The molecule has 0 saturated heterocycles. The lowest BCUT2D eigenvalue weighted by molar-refractivity contribution is -0.129. The first-order valence-electron chi connectivity index (χ1n) is 6.86. The molecule has 4 heteroatoms. The zero-order valence-corrected chi connectivity index (χ0v) is 11.5. The number of hydrogen-bond acceptors (Lipinski definition) is 4. The lowest BCUT2D eigenvalue weighted by atomic mass is 10.2. The largest absolute Gasteiger partial charge is 0.457 e. The lowest BCUT2D eigenvalue weighted by Crippen LogP contribution is -2.04. The summed E-state index contributed by atoms with van der Waals surface area (Å²) < 4.78 is 10.9. The van der Waals surface area contributed by atoms with Crippen LogP contribution in [0.5, 0.6) is 0 Å². The van der Waals surface area contributed by atoms with E-state index in [1.165, 1.54) is 0 Å². The quantitative estimate of drug-likeness (QED) is 0.533. The summed E-state index contributed by atoms with van der Waals surface area (Å²) >= 11 is 0. The van der Waals surface area contributed by atoms with E-state index in [-0.39, 0.29) is 5.70 Å². The van der Waals surface area contributed by atoms with Gasteiger partial charge in [0.1, 0.15) is 11.3 Å². The van der Waals surface area contributed by atoms with Gasteiger partial charge >= 0.3 is 5.97 Å². The SMILES string of the molecule is O=C1OC(c2ccccc2)=NC1=Cc1cc2ccccc2o1. The number of rotatable bonds is 2. The zero-order valence-electron chi connectivity index (χ0n) is 11.5. The van der Waals surface area contributed by atoms with E-state index < -0.39 is 5.97 Å². The van der Waals surface area contributed by atoms with Crippen LogP contribution in [0.3, 0.4) is 0 Å². The molecule has 4 rings (SSSR count). The standard InChI is InChI=1S/C18H11NO3/c20-18-15(19-17(22-18)12-6-2-1-3-7-12)11-14-10-13-8-4-5-9-16(13)21-14/h1-11H. The number of cyclic esters (lactones) is 1. The minimum absolute atomic E-state index is 0.234. The van der Waals surface area contributed by atoms with Crippen molar-refractivity contribution in [2.24, 2.45) is 4.99 Å². The van der Waals surface area contributed by atoms with Crippen molar-refractivity contribution in [3.05, 3.63) is 77.7 Å². The third-order valence-electron chi connectivity index (χ3n) is 3.36. The molecule has 0 fully saturated rings. The summed E-state index contributed by atoms with van der Waals surface area (Å²) in [5.74, 6) is 0.415. The van der Waals surface area contributed by atoms with Gasteiger partial charge in [-0.2, -0.15) is 0 Å². The Morgan fingerprint density at radius 2 is 1.73 bits per heavy atom. The molecule has 3 aromatic rings. The first-order valence-corrected chi connectivity index (χ1v) is 6.86. The Balaban J connectivity index is 1.72. The molecule has 106 valence electrons. The number of fused-ring (bicyclic) bond motifs is 1. The summed E-state index contributed by atoms with van der Waals surface area (Å²) in [6.07, 6.45) is 1.60. The van der Waals surface area contributed by atoms with Crippen molar-refractivity contribution in [1.29, 1.82) is 0 Å². The molecule has 2 heterocycles. The number of carbonyl (C=O) groups is 1. The number of ether oxygens (including phenoxy) is 1. The van der Waals surface area contributed by atoms with Gasteiger partial charge in [0.25, 0.3) is 0 Å². The zero-order chi connectivity index (χ0) is 14.9. The van der Waals surface area contributed by atoms with E-state index in [1.807, 2.05) is 60.7 Å². The first kappa shape index (κ1) is 12.6. The summed E-state index contributed by atoms with van der Waals surface area (Å²) in [6, 6.07) is 18.8. The Kier molecular flexibility index (Phi) is 2.86. The predicted octanol–water partition coefficient (Wildman–Crippen LogP) is 3.78. The molecule has 0 N–H and O–H groups in total. The van der Waals surface area contributed by atoms with Gasteiger partial charge in [0.2, 0.25) is 5.90 Å². The summed E-state index contributed by atoms with van der Waals surface area (Å²) in [5, 5.41) is 0.980. The fourth-order valence-corrected chi connectivity index (χ4v) is 2.32. The van der Waals surface area contributed by atoms with Crippen molar-refractivity contribution in [2.75, 3.05) is 0 Å². The maximum Gasteiger partial charge on any atom is 0.363 e. The maximum absolute atomic E-state index is 11.9. The molecule has 0 unspecified atom stereocenters. The van der Waals surface area contributed by atoms with Crippen LogP contribution in [0.1, 0.15) is 11.3 Å². The van der Waals surface area contributed by atoms with Crippen LogP contribution >= 0.6 is 0 Å². The molecule has 4 nitrogen and oxygen atoms in total. The van der Waals surface area contributed by atoms with Gasteiger partial charge in [-0.1, -0.05) is 36.4 Å². The van der Waals surface area contributed by atoms with Gasteiger partial charge in [-0.25, -0.2) is 9.79 Å². The average molecular weight is 289 g/mol. The summed E-state index contributed by atoms with van der Waals surface area (Å²) in [7, 11) is 0. The van der Waals surface area contributed by atoms with Crippen LogP contribution in [0.2, 0.25) is 0 Å². The summed E-state index contributed by atoms with van der Waals surface area (Å²) in [4.78, 5) is 16.2. The van der Waals surface area contributed by atoms with Crippen LogP contribution in [0.4, 0.5) is 0 Å². The van der Waals surface area contributed by atoms with Gasteiger partial charge in [-0.3, -0.25) is 0 Å². The molecule has 0 aliphatic carbocycles. The van der Waals surface area contributed by atoms with E-state index in [1.54, 1.807) is 6.08 Å². The minimum Gasteiger partial charge on any atom is -0.457 e. The van der Waals surface area contributed by atoms with E-state index in [9.17, 15) is 4.79 Å². The Morgan fingerprint density at radius 1 is 0.955 bits per heavy atom. The normalized spacial score (nSPS) is 16.1. The Bertz CT molecular complexity index is 887. The molecule has 2 aromatic carbocycles. The Labute approximate surface area is 126 Å². The van der Waals surface area contributed by atoms with Gasteiger partial charge in [0.05, 0.1) is 0 Å². The highest BCUT2D eigenvalue weighted by Gasteiger charge is 2.24. The van der Waals surface area contributed by atoms with Crippen molar-refractivity contribution in [2.45, 2.75) is 0 Å². The molecule has 22 heavy (non-hydrogen) atoms. The minimum atomic E-state index is -0.473. The number of furan rings is 1. The van der Waals surface area contributed by atoms with E-state index in [4.69, 9.17) is 9.15 Å². The molecule has 0 atom stereocenters. The van der Waals surface area contributed by atoms with Gasteiger partial charge < -0.3 is 9.15 Å². The molecular formula is C18H11NO3. The van der Waals surface area contributed by atoms with E-state index in [2.05, 4.69) is 4.99 Å². The molecule has 1 aromatic heterocycles. The number of benzene rings is 2. The van der Waals surface area contributed by atoms with Gasteiger partial charge in [-0.15, -0.1) is 0 Å². The van der Waals surface area contributed by atoms with Crippen molar-refractivity contribution in [3.63, 3.8) is 0 Å². The van der Waals surface area contributed by atoms with Gasteiger partial charge in [0, 0.05) is 17.0 Å². The number of esters is 1. The maximum atomic E-state index is 11.9. The second-order valence-corrected chi connectivity index (χ2v) is 4.89. The smallest absolute Gasteiger partial charge is 0.363 e. The third kappa shape index (κ3) is 2.20. The second-order valence-electron chi connectivity index (χ2n) is 4.89. The predicted molar refractivity (Wildman–Crippen MR) is 83.3 cm³/mol. The molecule has 1 aliphatic heterocycles. The molecule has 1 aliphatic rings. The van der Waals surface area contributed by atoms with Crippen molar-refractivity contribution < 1.29 is 13.9 Å². The first-order chi connectivity index (χ1) is 10.8. The Morgan fingerprint density at radius 3 is 2.55 bits per heavy atom. The van der Waals surface area contributed by atoms with Gasteiger partial charge in [0.15, 0.2) is 5.70 Å². The highest BCUT2D eigenvalue weighted by Crippen LogP contribution is 2.23. The van der Waals surface area contributed by atoms with Crippen LogP contribution < -0.4 is 0 Å². The highest BCUT2D eigenvalue weighted by atomic mass is 16.6. The van der Waals surface area contributed by atoms with Crippen molar-refractivity contribution in [3.8, 4) is 0 Å². The van der Waals surface area contributed by atoms with Crippen LogP contribution in [-0.4, -0.2) is 11.9 Å². The van der Waals surface area contributed by atoms with Crippen molar-refractivity contribution in [1.82, 2.24) is 0 Å². The number of aliphatic imine (C=N–C) groups is 1. The van der Waals surface area contributed by atoms with Crippen LogP contribution in [0.15, 0.2) is 75.8 Å². The summed E-state index contributed by atoms with van der Waals surface area (Å²) in [5.41, 5.74) is 1.77. The number of carbonyl (C=O) groups excluding carboxylic acids is 1. The van der Waals surface area contributed by atoms with E-state index >= 15 is 0 Å². The molecule has 0 radical (unpaired) electrons. The van der Waals surface area contributed by atoms with Gasteiger partial charge in [-0.05, 0) is 24.3 Å². The molecule has 0 amide bonds. The molecular weight excluding hydrogens is 278 g/mol. The molecule has 0 bridgehead atoms. The topological polar surface area (TPSA) is 51.8 Å². The second kappa shape index (κ2) is 5.00. The van der Waals surface area contributed by atoms with Crippen molar-refractivity contribution >= 4 is 28.9 Å². The van der Waals surface area contributed by atoms with E-state index in [0.29, 0.717) is 11.7 Å². The molecule has 0 spiro atoms. The third-order valence-corrected chi connectivity index (χ3v) is 3.36. The van der Waals surface area contributed by atoms with Crippen LogP contribution in [0.25, 0.3) is 17.0 Å². The fourth-order valence-electron chi connectivity index (χ4n) is 2.32. The van der Waals surface area contributed by atoms with Crippen LogP contribution in [0, 0.1) is 0 Å².